The molecule has 1 N–H and O–H groups in total. The molecule has 0 saturated carbocycles. The highest BCUT2D eigenvalue weighted by Gasteiger charge is 2.28. The highest BCUT2D eigenvalue weighted by Crippen LogP contribution is 2.32. The first kappa shape index (κ1) is 16.2. The summed E-state index contributed by atoms with van der Waals surface area (Å²) in [5.41, 5.74) is 1.92. The lowest BCUT2D eigenvalue weighted by Gasteiger charge is -2.32. The van der Waals surface area contributed by atoms with Crippen molar-refractivity contribution < 1.29 is 9.53 Å². The van der Waals surface area contributed by atoms with Gasteiger partial charge in [0.2, 0.25) is 0 Å². The van der Waals surface area contributed by atoms with E-state index in [9.17, 15) is 4.79 Å². The fraction of sp³-hybridized carbons (Fsp3) is 0.444. The van der Waals surface area contributed by atoms with E-state index < -0.39 is 6.10 Å². The molecule has 7 heteroatoms. The number of carbonyl (C=O) groups is 1. The van der Waals surface area contributed by atoms with Crippen molar-refractivity contribution in [2.45, 2.75) is 25.5 Å². The number of aromatic nitrogens is 1. The van der Waals surface area contributed by atoms with Crippen molar-refractivity contribution in [1.29, 1.82) is 0 Å². The Kier molecular flexibility index (Phi) is 4.48. The third-order valence-electron chi connectivity index (χ3n) is 4.64. The second-order valence-corrected chi connectivity index (χ2v) is 7.32. The second kappa shape index (κ2) is 6.92. The number of fused-ring (bicyclic) bond motifs is 1. The van der Waals surface area contributed by atoms with Crippen LogP contribution in [0, 0.1) is 0 Å². The Labute approximate surface area is 151 Å². The minimum atomic E-state index is -0.503. The van der Waals surface area contributed by atoms with E-state index in [2.05, 4.69) is 20.1 Å². The Morgan fingerprint density at radius 2 is 2.16 bits per heavy atom. The lowest BCUT2D eigenvalue weighted by atomic mass is 10.2. The zero-order valence-electron chi connectivity index (χ0n) is 14.3. The van der Waals surface area contributed by atoms with Crippen molar-refractivity contribution in [3.05, 3.63) is 35.3 Å². The van der Waals surface area contributed by atoms with E-state index in [1.165, 1.54) is 12.8 Å². The summed E-state index contributed by atoms with van der Waals surface area (Å²) in [6.07, 6.45) is 1.97. The first-order chi connectivity index (χ1) is 12.2. The maximum atomic E-state index is 12.5. The summed E-state index contributed by atoms with van der Waals surface area (Å²) in [6, 6.07) is 7.79. The van der Waals surface area contributed by atoms with Crippen molar-refractivity contribution in [2.75, 3.05) is 36.5 Å². The van der Waals surface area contributed by atoms with Crippen LogP contribution in [0.4, 0.5) is 10.8 Å². The van der Waals surface area contributed by atoms with Gasteiger partial charge in [-0.2, -0.15) is 0 Å². The van der Waals surface area contributed by atoms with Crippen LogP contribution in [0.1, 0.15) is 18.5 Å². The summed E-state index contributed by atoms with van der Waals surface area (Å²) < 4.78 is 5.86. The lowest BCUT2D eigenvalue weighted by molar-refractivity contribution is -0.128. The molecular formula is C18H22N4O2S. The normalized spacial score (nSPS) is 19.5. The molecule has 3 heterocycles. The predicted molar refractivity (Wildman–Crippen MR) is 99.5 cm³/mol. The SMILES string of the molecule is CN1C[C@@H](C(=O)NCc2csc(N3CCCC3)n2)Oc2ccccc21. The van der Waals surface area contributed by atoms with Gasteiger partial charge in [0.05, 0.1) is 24.5 Å². The lowest BCUT2D eigenvalue weighted by Crippen LogP contribution is -2.47. The van der Waals surface area contributed by atoms with Crippen LogP contribution in [-0.4, -0.2) is 43.7 Å². The van der Waals surface area contributed by atoms with E-state index in [4.69, 9.17) is 4.74 Å². The summed E-state index contributed by atoms with van der Waals surface area (Å²) in [6.45, 7) is 3.15. The number of nitrogens with one attached hydrogen (secondary N) is 1. The zero-order chi connectivity index (χ0) is 17.2. The third-order valence-corrected chi connectivity index (χ3v) is 5.59. The van der Waals surface area contributed by atoms with Gasteiger partial charge in [0.15, 0.2) is 11.2 Å². The van der Waals surface area contributed by atoms with Crippen LogP contribution >= 0.6 is 11.3 Å². The number of likely N-dealkylation sites (N-methyl/N-ethyl adjacent to an activating group) is 1. The maximum Gasteiger partial charge on any atom is 0.263 e. The number of ether oxygens (including phenoxy) is 1. The predicted octanol–water partition coefficient (Wildman–Crippen LogP) is 2.26. The summed E-state index contributed by atoms with van der Waals surface area (Å²) >= 11 is 1.65. The fourth-order valence-corrected chi connectivity index (χ4v) is 4.15. The Hall–Kier alpha value is -2.28. The minimum Gasteiger partial charge on any atom is -0.477 e. The molecule has 1 atom stereocenters. The van der Waals surface area contributed by atoms with Gasteiger partial charge < -0.3 is 19.9 Å². The number of nitrogens with zero attached hydrogens (tertiary/aromatic N) is 3. The fourth-order valence-electron chi connectivity index (χ4n) is 3.27. The number of amides is 1. The van der Waals surface area contributed by atoms with Crippen LogP contribution in [-0.2, 0) is 11.3 Å². The number of hydrogen-bond acceptors (Lipinski definition) is 6. The summed E-state index contributed by atoms with van der Waals surface area (Å²) in [4.78, 5) is 21.5. The summed E-state index contributed by atoms with van der Waals surface area (Å²) in [5, 5.41) is 6.04. The maximum absolute atomic E-state index is 12.5. The van der Waals surface area contributed by atoms with Crippen LogP contribution in [0.3, 0.4) is 0 Å². The number of benzene rings is 1. The molecule has 1 amide bonds. The van der Waals surface area contributed by atoms with E-state index in [0.717, 1.165) is 35.4 Å². The van der Waals surface area contributed by atoms with Gasteiger partial charge in [-0.05, 0) is 25.0 Å². The largest absolute Gasteiger partial charge is 0.477 e. The molecule has 2 aliphatic rings. The molecule has 1 saturated heterocycles. The number of anilines is 2. The smallest absolute Gasteiger partial charge is 0.263 e. The number of rotatable bonds is 4. The molecule has 132 valence electrons. The Morgan fingerprint density at radius 3 is 3.00 bits per heavy atom. The zero-order valence-corrected chi connectivity index (χ0v) is 15.1. The molecule has 1 aromatic heterocycles. The molecule has 0 aliphatic carbocycles. The van der Waals surface area contributed by atoms with Gasteiger partial charge in [0.25, 0.3) is 5.91 Å². The standard InChI is InChI=1S/C18H22N4O2S/c1-21-11-16(24-15-7-3-2-6-14(15)21)17(23)19-10-13-12-25-18(20-13)22-8-4-5-9-22/h2-3,6-7,12,16H,4-5,8-11H2,1H3,(H,19,23)/t16-/m0/s1. The minimum absolute atomic E-state index is 0.0999. The van der Waals surface area contributed by atoms with Crippen molar-refractivity contribution in [3.63, 3.8) is 0 Å². The van der Waals surface area contributed by atoms with E-state index in [1.807, 2.05) is 36.7 Å². The van der Waals surface area contributed by atoms with Crippen molar-refractivity contribution in [3.8, 4) is 5.75 Å². The first-order valence-electron chi connectivity index (χ1n) is 8.64. The molecule has 1 fully saturated rings. The third kappa shape index (κ3) is 3.42. The van der Waals surface area contributed by atoms with Gasteiger partial charge in [0, 0.05) is 25.5 Å². The molecule has 2 aliphatic heterocycles. The molecule has 4 rings (SSSR count). The van der Waals surface area contributed by atoms with E-state index in [1.54, 1.807) is 11.3 Å². The van der Waals surface area contributed by atoms with Crippen LogP contribution in [0.5, 0.6) is 5.75 Å². The van der Waals surface area contributed by atoms with Gasteiger partial charge in [0.1, 0.15) is 5.75 Å². The average molecular weight is 358 g/mol. The van der Waals surface area contributed by atoms with Gasteiger partial charge in [-0.15, -0.1) is 11.3 Å². The molecule has 1 aromatic carbocycles. The molecular weight excluding hydrogens is 336 g/mol. The van der Waals surface area contributed by atoms with Gasteiger partial charge in [-0.3, -0.25) is 4.79 Å². The van der Waals surface area contributed by atoms with Crippen molar-refractivity contribution in [1.82, 2.24) is 10.3 Å². The topological polar surface area (TPSA) is 57.7 Å². The van der Waals surface area contributed by atoms with Crippen LogP contribution in [0.25, 0.3) is 0 Å². The van der Waals surface area contributed by atoms with Crippen LogP contribution in [0.2, 0.25) is 0 Å². The van der Waals surface area contributed by atoms with E-state index in [0.29, 0.717) is 13.1 Å². The number of hydrogen-bond donors (Lipinski definition) is 1. The van der Waals surface area contributed by atoms with Crippen LogP contribution < -0.4 is 19.9 Å². The number of thiazole rings is 1. The highest BCUT2D eigenvalue weighted by molar-refractivity contribution is 7.13. The van der Waals surface area contributed by atoms with Gasteiger partial charge >= 0.3 is 0 Å². The second-order valence-electron chi connectivity index (χ2n) is 6.49. The first-order valence-corrected chi connectivity index (χ1v) is 9.52. The number of para-hydroxylation sites is 2. The molecule has 0 spiro atoms. The average Bonchev–Trinajstić information content (AvgIpc) is 3.31. The molecule has 25 heavy (non-hydrogen) atoms. The Morgan fingerprint density at radius 1 is 1.36 bits per heavy atom. The molecule has 0 unspecified atom stereocenters. The van der Waals surface area contributed by atoms with Crippen molar-refractivity contribution in [2.24, 2.45) is 0 Å². The van der Waals surface area contributed by atoms with E-state index in [-0.39, 0.29) is 5.91 Å². The molecule has 2 aromatic rings. The Bertz CT molecular complexity index is 757. The van der Waals surface area contributed by atoms with Gasteiger partial charge in [-0.25, -0.2) is 4.98 Å². The van der Waals surface area contributed by atoms with E-state index >= 15 is 0 Å². The van der Waals surface area contributed by atoms with Gasteiger partial charge in [-0.1, -0.05) is 12.1 Å². The Balaban J connectivity index is 1.35. The molecule has 0 radical (unpaired) electrons. The monoisotopic (exact) mass is 358 g/mol. The summed E-state index contributed by atoms with van der Waals surface area (Å²) in [5.74, 6) is 0.651. The summed E-state index contributed by atoms with van der Waals surface area (Å²) in [7, 11) is 1.98. The molecule has 0 bridgehead atoms. The van der Waals surface area contributed by atoms with Crippen molar-refractivity contribution >= 4 is 28.1 Å². The van der Waals surface area contributed by atoms with Crippen LogP contribution in [0.15, 0.2) is 29.6 Å². The molecule has 6 nitrogen and oxygen atoms in total. The quantitative estimate of drug-likeness (QED) is 0.909. The highest BCUT2D eigenvalue weighted by atomic mass is 32.1. The number of carbonyl (C=O) groups excluding carboxylic acids is 1.